The van der Waals surface area contributed by atoms with E-state index in [2.05, 4.69) is 5.10 Å². The topological polar surface area (TPSA) is 114 Å². The Hall–Kier alpha value is -4.01. The second-order valence-electron chi connectivity index (χ2n) is 5.87. The highest BCUT2D eigenvalue weighted by molar-refractivity contribution is 6.10. The SMILES string of the molecule is CCOC(=O)COc1ccc([N+](=O)[O-])cc1C(=O)c1cnn(-c2ccccc2)c1. The fourth-order valence-electron chi connectivity index (χ4n) is 2.59. The molecule has 0 bridgehead atoms. The van der Waals surface area contributed by atoms with Gasteiger partial charge in [0.2, 0.25) is 0 Å². The zero-order valence-electron chi connectivity index (χ0n) is 15.5. The lowest BCUT2D eigenvalue weighted by atomic mass is 10.0. The van der Waals surface area contributed by atoms with E-state index in [9.17, 15) is 19.7 Å². The lowest BCUT2D eigenvalue weighted by molar-refractivity contribution is -0.384. The van der Waals surface area contributed by atoms with E-state index in [0.29, 0.717) is 0 Å². The molecule has 29 heavy (non-hydrogen) atoms. The summed E-state index contributed by atoms with van der Waals surface area (Å²) < 4.78 is 11.7. The lowest BCUT2D eigenvalue weighted by Gasteiger charge is -2.10. The average molecular weight is 395 g/mol. The minimum absolute atomic E-state index is 0.0427. The van der Waals surface area contributed by atoms with Crippen LogP contribution >= 0.6 is 0 Å². The van der Waals surface area contributed by atoms with E-state index >= 15 is 0 Å². The van der Waals surface area contributed by atoms with Crippen molar-refractivity contribution in [2.45, 2.75) is 6.92 Å². The molecule has 9 nitrogen and oxygen atoms in total. The largest absolute Gasteiger partial charge is 0.481 e. The van der Waals surface area contributed by atoms with Crippen molar-refractivity contribution >= 4 is 17.4 Å². The monoisotopic (exact) mass is 395 g/mol. The molecule has 9 heteroatoms. The van der Waals surface area contributed by atoms with E-state index in [1.54, 1.807) is 6.92 Å². The molecule has 0 unspecified atom stereocenters. The minimum Gasteiger partial charge on any atom is -0.481 e. The lowest BCUT2D eigenvalue weighted by Crippen LogP contribution is -2.16. The van der Waals surface area contributed by atoms with Crippen LogP contribution in [0.3, 0.4) is 0 Å². The number of hydrogen-bond donors (Lipinski definition) is 0. The van der Waals surface area contributed by atoms with Crippen LogP contribution in [0.4, 0.5) is 5.69 Å². The van der Waals surface area contributed by atoms with Crippen LogP contribution in [-0.2, 0) is 9.53 Å². The molecule has 148 valence electrons. The minimum atomic E-state index is -0.612. The van der Waals surface area contributed by atoms with Gasteiger partial charge in [0, 0.05) is 18.3 Å². The first kappa shape index (κ1) is 19.7. The summed E-state index contributed by atoms with van der Waals surface area (Å²) in [5, 5.41) is 15.3. The Morgan fingerprint density at radius 1 is 1.17 bits per heavy atom. The molecule has 1 aromatic heterocycles. The predicted molar refractivity (Wildman–Crippen MR) is 102 cm³/mol. The molecule has 2 aromatic carbocycles. The third-order valence-corrected chi connectivity index (χ3v) is 3.93. The van der Waals surface area contributed by atoms with Gasteiger partial charge >= 0.3 is 5.97 Å². The Morgan fingerprint density at radius 3 is 2.62 bits per heavy atom. The second kappa shape index (κ2) is 8.79. The first-order chi connectivity index (χ1) is 14.0. The summed E-state index contributed by atoms with van der Waals surface area (Å²) in [5.74, 6) is -1.09. The molecule has 0 saturated carbocycles. The number of benzene rings is 2. The summed E-state index contributed by atoms with van der Waals surface area (Å²) in [7, 11) is 0. The number of ketones is 1. The van der Waals surface area contributed by atoms with E-state index in [4.69, 9.17) is 9.47 Å². The smallest absolute Gasteiger partial charge is 0.344 e. The number of para-hydroxylation sites is 1. The van der Waals surface area contributed by atoms with Gasteiger partial charge in [-0.25, -0.2) is 9.48 Å². The van der Waals surface area contributed by atoms with E-state index in [-0.39, 0.29) is 29.2 Å². The quantitative estimate of drug-likeness (QED) is 0.249. The van der Waals surface area contributed by atoms with Gasteiger partial charge in [-0.15, -0.1) is 0 Å². The molecule has 0 spiro atoms. The summed E-state index contributed by atoms with van der Waals surface area (Å²) >= 11 is 0. The average Bonchev–Trinajstić information content (AvgIpc) is 3.22. The van der Waals surface area contributed by atoms with Crippen LogP contribution in [0.5, 0.6) is 5.75 Å². The summed E-state index contributed by atoms with van der Waals surface area (Å²) in [5.41, 5.74) is 0.656. The van der Waals surface area contributed by atoms with Gasteiger partial charge in [0.1, 0.15) is 5.75 Å². The van der Waals surface area contributed by atoms with Gasteiger partial charge in [-0.05, 0) is 25.1 Å². The van der Waals surface area contributed by atoms with Crippen LogP contribution in [0.15, 0.2) is 60.9 Å². The van der Waals surface area contributed by atoms with Crippen LogP contribution < -0.4 is 4.74 Å². The summed E-state index contributed by atoms with van der Waals surface area (Å²) in [4.78, 5) is 35.0. The number of hydrogen-bond acceptors (Lipinski definition) is 7. The molecule has 0 saturated heterocycles. The van der Waals surface area contributed by atoms with Gasteiger partial charge < -0.3 is 9.47 Å². The normalized spacial score (nSPS) is 10.4. The number of esters is 1. The Kier molecular flexibility index (Phi) is 5.98. The number of nitrogens with zero attached hydrogens (tertiary/aromatic N) is 3. The molecule has 0 aliphatic heterocycles. The van der Waals surface area contributed by atoms with Crippen molar-refractivity contribution < 1.29 is 24.0 Å². The van der Waals surface area contributed by atoms with Crippen molar-refractivity contribution in [3.63, 3.8) is 0 Å². The Labute approximate surface area is 165 Å². The maximum atomic E-state index is 13.0. The number of non-ortho nitro benzene ring substituents is 1. The van der Waals surface area contributed by atoms with Gasteiger partial charge in [0.25, 0.3) is 5.69 Å². The van der Waals surface area contributed by atoms with Crippen LogP contribution in [-0.4, -0.2) is 39.7 Å². The van der Waals surface area contributed by atoms with Crippen molar-refractivity contribution in [3.05, 3.63) is 82.2 Å². The zero-order valence-corrected chi connectivity index (χ0v) is 15.5. The molecule has 0 amide bonds. The van der Waals surface area contributed by atoms with Crippen LogP contribution in [0.2, 0.25) is 0 Å². The highest BCUT2D eigenvalue weighted by Gasteiger charge is 2.21. The summed E-state index contributed by atoms with van der Waals surface area (Å²) in [6.45, 7) is 1.42. The third kappa shape index (κ3) is 4.64. The van der Waals surface area contributed by atoms with Crippen LogP contribution in [0.1, 0.15) is 22.8 Å². The fourth-order valence-corrected chi connectivity index (χ4v) is 2.59. The van der Waals surface area contributed by atoms with Crippen molar-refractivity contribution in [1.29, 1.82) is 0 Å². The first-order valence-electron chi connectivity index (χ1n) is 8.71. The molecule has 0 aliphatic rings. The molecule has 0 fully saturated rings. The highest BCUT2D eigenvalue weighted by atomic mass is 16.6. The maximum Gasteiger partial charge on any atom is 0.344 e. The molecule has 0 atom stereocenters. The van der Waals surface area contributed by atoms with Crippen molar-refractivity contribution in [2.75, 3.05) is 13.2 Å². The second-order valence-corrected chi connectivity index (χ2v) is 5.87. The number of nitro groups is 1. The number of ether oxygens (including phenoxy) is 2. The van der Waals surface area contributed by atoms with Crippen molar-refractivity contribution in [1.82, 2.24) is 9.78 Å². The molecule has 3 aromatic rings. The highest BCUT2D eigenvalue weighted by Crippen LogP contribution is 2.27. The number of nitro benzene ring substituents is 1. The molecule has 0 N–H and O–H groups in total. The fraction of sp³-hybridized carbons (Fsp3) is 0.150. The molecule has 0 aliphatic carbocycles. The van der Waals surface area contributed by atoms with E-state index < -0.39 is 23.3 Å². The van der Waals surface area contributed by atoms with Gasteiger partial charge in [-0.2, -0.15) is 5.10 Å². The zero-order chi connectivity index (χ0) is 20.8. The number of carbonyl (C=O) groups is 2. The van der Waals surface area contributed by atoms with Crippen molar-refractivity contribution in [3.8, 4) is 11.4 Å². The van der Waals surface area contributed by atoms with Gasteiger partial charge in [-0.1, -0.05) is 18.2 Å². The standard InChI is InChI=1S/C20H17N3O6/c1-2-28-19(24)13-29-18-9-8-16(23(26)27)10-17(18)20(25)14-11-21-22(12-14)15-6-4-3-5-7-15/h3-12H,2,13H2,1H3. The number of carbonyl (C=O) groups excluding carboxylic acids is 2. The summed E-state index contributed by atoms with van der Waals surface area (Å²) in [6.07, 6.45) is 2.88. The number of aromatic nitrogens is 2. The Bertz CT molecular complexity index is 1050. The molecule has 0 radical (unpaired) electrons. The van der Waals surface area contributed by atoms with Crippen LogP contribution in [0, 0.1) is 10.1 Å². The molecular weight excluding hydrogens is 378 g/mol. The van der Waals surface area contributed by atoms with E-state index in [1.807, 2.05) is 30.3 Å². The molecule has 3 rings (SSSR count). The Morgan fingerprint density at radius 2 is 1.93 bits per heavy atom. The Balaban J connectivity index is 1.91. The van der Waals surface area contributed by atoms with Gasteiger partial charge in [0.05, 0.1) is 34.5 Å². The first-order valence-corrected chi connectivity index (χ1v) is 8.71. The van der Waals surface area contributed by atoms with Gasteiger partial charge in [0.15, 0.2) is 12.4 Å². The molecular formula is C20H17N3O6. The third-order valence-electron chi connectivity index (χ3n) is 3.93. The van der Waals surface area contributed by atoms with E-state index in [1.165, 1.54) is 29.2 Å². The van der Waals surface area contributed by atoms with Gasteiger partial charge in [-0.3, -0.25) is 14.9 Å². The summed E-state index contributed by atoms with van der Waals surface area (Å²) in [6, 6.07) is 12.8. The molecule has 1 heterocycles. The maximum absolute atomic E-state index is 13.0. The predicted octanol–water partition coefficient (Wildman–Crippen LogP) is 2.95. The van der Waals surface area contributed by atoms with Crippen LogP contribution in [0.25, 0.3) is 5.69 Å². The number of rotatable bonds is 8. The van der Waals surface area contributed by atoms with E-state index in [0.717, 1.165) is 11.8 Å². The van der Waals surface area contributed by atoms with Crippen molar-refractivity contribution in [2.24, 2.45) is 0 Å².